The summed E-state index contributed by atoms with van der Waals surface area (Å²) in [5.41, 5.74) is 5.03. The lowest BCUT2D eigenvalue weighted by Gasteiger charge is -2.21. The van der Waals surface area contributed by atoms with Crippen molar-refractivity contribution in [2.75, 3.05) is 12.3 Å². The van der Waals surface area contributed by atoms with Gasteiger partial charge < -0.3 is 10.3 Å². The molecule has 1 fully saturated rings. The summed E-state index contributed by atoms with van der Waals surface area (Å²) in [5.74, 6) is 0.107. The minimum atomic E-state index is -0.935. The van der Waals surface area contributed by atoms with Crippen LogP contribution in [0.1, 0.15) is 6.42 Å². The van der Waals surface area contributed by atoms with Gasteiger partial charge in [-0.25, -0.2) is 0 Å². The normalized spacial score (nSPS) is 33.7. The predicted octanol–water partition coefficient (Wildman–Crippen LogP) is -1.26. The van der Waals surface area contributed by atoms with E-state index in [9.17, 15) is 9.35 Å². The first-order chi connectivity index (χ1) is 4.70. The number of nitrogens with two attached hydrogens (primary N) is 1. The largest absolute Gasteiger partial charge is 0.598 e. The fourth-order valence-corrected chi connectivity index (χ4v) is 1.89. The van der Waals surface area contributed by atoms with Crippen LogP contribution in [0.5, 0.6) is 0 Å². The summed E-state index contributed by atoms with van der Waals surface area (Å²) < 4.78 is 13.4. The molecule has 58 valence electrons. The fraction of sp³-hybridized carbons (Fsp3) is 0.800. The van der Waals surface area contributed by atoms with Crippen molar-refractivity contribution in [3.63, 3.8) is 0 Å². The minimum absolute atomic E-state index is 0.127. The summed E-state index contributed by atoms with van der Waals surface area (Å²) in [4.78, 5) is 10.5. The molecule has 1 aliphatic heterocycles. The molecule has 0 aromatic heterocycles. The van der Waals surface area contributed by atoms with Gasteiger partial charge in [-0.2, -0.15) is 0 Å². The van der Waals surface area contributed by atoms with Gasteiger partial charge in [0.1, 0.15) is 5.75 Å². The Morgan fingerprint density at radius 1 is 1.80 bits per heavy atom. The van der Waals surface area contributed by atoms with Gasteiger partial charge in [-0.3, -0.25) is 4.79 Å². The van der Waals surface area contributed by atoms with E-state index in [1.54, 1.807) is 0 Å². The molecule has 2 atom stereocenters. The lowest BCUT2D eigenvalue weighted by Crippen LogP contribution is -2.43. The molecule has 1 heterocycles. The van der Waals surface area contributed by atoms with Gasteiger partial charge in [-0.15, -0.1) is 4.72 Å². The first-order valence-corrected chi connectivity index (χ1v) is 4.43. The molecular weight excluding hydrogens is 152 g/mol. The Labute approximate surface area is 62.5 Å². The third kappa shape index (κ3) is 1.86. The molecule has 10 heavy (non-hydrogen) atoms. The number of hydrogen-bond acceptors (Lipinski definition) is 3. The van der Waals surface area contributed by atoms with Crippen molar-refractivity contribution in [2.24, 2.45) is 11.7 Å². The molecule has 0 bridgehead atoms. The highest BCUT2D eigenvalue weighted by Crippen LogP contribution is 2.08. The molecule has 1 saturated heterocycles. The molecule has 1 aliphatic rings. The summed E-state index contributed by atoms with van der Waals surface area (Å²) in [6.07, 6.45) is 0.648. The summed E-state index contributed by atoms with van der Waals surface area (Å²) in [6.45, 7) is 0.460. The van der Waals surface area contributed by atoms with Gasteiger partial charge in [-0.05, 0) is 0 Å². The van der Waals surface area contributed by atoms with E-state index in [0.29, 0.717) is 18.7 Å². The van der Waals surface area contributed by atoms with Crippen LogP contribution in [0.2, 0.25) is 0 Å². The number of carbonyl (C=O) groups excluding carboxylic acids is 1. The summed E-state index contributed by atoms with van der Waals surface area (Å²) >= 11 is -0.935. The smallest absolute Gasteiger partial charge is 0.222 e. The number of nitrogens with one attached hydrogen (secondary N) is 1. The third-order valence-corrected chi connectivity index (χ3v) is 2.64. The summed E-state index contributed by atoms with van der Waals surface area (Å²) in [5, 5.41) is 0. The molecule has 0 spiro atoms. The van der Waals surface area contributed by atoms with E-state index < -0.39 is 11.4 Å². The monoisotopic (exact) mass is 162 g/mol. The Bertz CT molecular complexity index is 134. The van der Waals surface area contributed by atoms with E-state index in [0.717, 1.165) is 0 Å². The first-order valence-electron chi connectivity index (χ1n) is 3.11. The molecule has 2 unspecified atom stereocenters. The Hall–Kier alpha value is -0.260. The first kappa shape index (κ1) is 7.84. The van der Waals surface area contributed by atoms with Gasteiger partial charge in [0.15, 0.2) is 0 Å². The zero-order valence-electron chi connectivity index (χ0n) is 5.50. The van der Waals surface area contributed by atoms with E-state index in [4.69, 9.17) is 5.73 Å². The molecule has 0 aliphatic carbocycles. The highest BCUT2D eigenvalue weighted by atomic mass is 32.2. The van der Waals surface area contributed by atoms with Crippen molar-refractivity contribution in [1.82, 2.24) is 4.72 Å². The highest BCUT2D eigenvalue weighted by molar-refractivity contribution is 7.89. The van der Waals surface area contributed by atoms with Gasteiger partial charge in [0.2, 0.25) is 5.91 Å². The third-order valence-electron chi connectivity index (χ3n) is 1.54. The maximum absolute atomic E-state index is 10.7. The maximum Gasteiger partial charge on any atom is 0.222 e. The molecule has 4 nitrogen and oxygen atoms in total. The van der Waals surface area contributed by atoms with Crippen molar-refractivity contribution in [3.05, 3.63) is 0 Å². The number of hydrogen-bond donors (Lipinski definition) is 2. The van der Waals surface area contributed by atoms with Gasteiger partial charge in [0.25, 0.3) is 0 Å². The molecule has 0 aromatic carbocycles. The number of amides is 1. The average molecular weight is 162 g/mol. The van der Waals surface area contributed by atoms with Crippen molar-refractivity contribution in [3.8, 4) is 0 Å². The SMILES string of the molecule is NC(=O)C1CC[S+]([O-])NC1. The van der Waals surface area contributed by atoms with Crippen molar-refractivity contribution >= 4 is 17.3 Å². The molecule has 0 radical (unpaired) electrons. The van der Waals surface area contributed by atoms with Crippen LogP contribution in [0.25, 0.3) is 0 Å². The zero-order chi connectivity index (χ0) is 7.56. The minimum Gasteiger partial charge on any atom is -0.598 e. The van der Waals surface area contributed by atoms with Gasteiger partial charge in [-0.1, -0.05) is 0 Å². The van der Waals surface area contributed by atoms with Crippen LogP contribution < -0.4 is 10.5 Å². The maximum atomic E-state index is 10.7. The van der Waals surface area contributed by atoms with Crippen LogP contribution in [0.4, 0.5) is 0 Å². The summed E-state index contributed by atoms with van der Waals surface area (Å²) in [7, 11) is 0. The van der Waals surface area contributed by atoms with Crippen molar-refractivity contribution < 1.29 is 9.35 Å². The van der Waals surface area contributed by atoms with E-state index in [-0.39, 0.29) is 11.8 Å². The molecule has 5 heteroatoms. The van der Waals surface area contributed by atoms with Crippen molar-refractivity contribution in [2.45, 2.75) is 6.42 Å². The fourth-order valence-electron chi connectivity index (χ4n) is 0.860. The van der Waals surface area contributed by atoms with Crippen LogP contribution >= 0.6 is 0 Å². The van der Waals surface area contributed by atoms with Crippen LogP contribution in [0, 0.1) is 5.92 Å². The molecule has 3 N–H and O–H groups in total. The van der Waals surface area contributed by atoms with Crippen LogP contribution in [0.3, 0.4) is 0 Å². The van der Waals surface area contributed by atoms with E-state index >= 15 is 0 Å². The molecular formula is C5H10N2O2S. The molecule has 0 aromatic rings. The van der Waals surface area contributed by atoms with Crippen LogP contribution in [-0.2, 0) is 16.2 Å². The standard InChI is InChI=1S/C5H10N2O2S/c6-5(8)4-1-2-10(9)7-3-4/h4,7H,1-3H2,(H2,6,8). The molecule has 1 amide bonds. The second-order valence-electron chi connectivity index (χ2n) is 2.29. The highest BCUT2D eigenvalue weighted by Gasteiger charge is 2.25. The molecule has 0 saturated carbocycles. The Balaban J connectivity index is 2.33. The van der Waals surface area contributed by atoms with Gasteiger partial charge in [0, 0.05) is 17.8 Å². The number of primary amides is 1. The second-order valence-corrected chi connectivity index (χ2v) is 3.67. The van der Waals surface area contributed by atoms with E-state index in [2.05, 4.69) is 4.72 Å². The van der Waals surface area contributed by atoms with Crippen LogP contribution in [0.15, 0.2) is 0 Å². The van der Waals surface area contributed by atoms with Gasteiger partial charge in [0.05, 0.1) is 12.5 Å². The summed E-state index contributed by atoms with van der Waals surface area (Å²) in [6, 6.07) is 0. The Morgan fingerprint density at radius 2 is 2.50 bits per heavy atom. The molecule has 1 rings (SSSR count). The Kier molecular flexibility index (Phi) is 2.53. The van der Waals surface area contributed by atoms with E-state index in [1.807, 2.05) is 0 Å². The topological polar surface area (TPSA) is 78.2 Å². The lowest BCUT2D eigenvalue weighted by molar-refractivity contribution is -0.121. The number of carbonyl (C=O) groups is 1. The quantitative estimate of drug-likeness (QED) is 0.473. The van der Waals surface area contributed by atoms with E-state index in [1.165, 1.54) is 0 Å². The predicted molar refractivity (Wildman–Crippen MR) is 38.3 cm³/mol. The Morgan fingerprint density at radius 3 is 2.90 bits per heavy atom. The van der Waals surface area contributed by atoms with Crippen LogP contribution in [-0.4, -0.2) is 22.8 Å². The number of rotatable bonds is 1. The lowest BCUT2D eigenvalue weighted by atomic mass is 10.1. The zero-order valence-corrected chi connectivity index (χ0v) is 6.32. The second kappa shape index (κ2) is 3.23. The van der Waals surface area contributed by atoms with Gasteiger partial charge >= 0.3 is 0 Å². The average Bonchev–Trinajstić information content (AvgIpc) is 1.88. The van der Waals surface area contributed by atoms with Crippen molar-refractivity contribution in [1.29, 1.82) is 0 Å².